The Morgan fingerprint density at radius 3 is 2.83 bits per heavy atom. The number of hydrogen-bond donors (Lipinski definition) is 0. The topological polar surface area (TPSA) is 52.1 Å². The van der Waals surface area contributed by atoms with Crippen LogP contribution in [0.5, 0.6) is 0 Å². The van der Waals surface area contributed by atoms with Gasteiger partial charge in [-0.3, -0.25) is 9.97 Å². The molecule has 0 radical (unpaired) electrons. The van der Waals surface area contributed by atoms with E-state index in [-0.39, 0.29) is 5.97 Å². The molecule has 0 aliphatic carbocycles. The minimum Gasteiger partial charge on any atom is -0.462 e. The van der Waals surface area contributed by atoms with Gasteiger partial charge in [0.2, 0.25) is 0 Å². The van der Waals surface area contributed by atoms with E-state index in [1.165, 1.54) is 0 Å². The van der Waals surface area contributed by atoms with E-state index < -0.39 is 0 Å². The Morgan fingerprint density at radius 2 is 2.04 bits per heavy atom. The highest BCUT2D eigenvalue weighted by Gasteiger charge is 2.13. The fraction of sp³-hybridized carbons (Fsp3) is 0.250. The Bertz CT molecular complexity index is 860. The number of carbonyl (C=O) groups excluding carboxylic acids is 1. The second-order valence-corrected chi connectivity index (χ2v) is 5.92. The zero-order valence-corrected chi connectivity index (χ0v) is 14.0. The predicted octanol–water partition coefficient (Wildman–Crippen LogP) is 4.04. The Labute approximate surface area is 141 Å². The highest BCUT2D eigenvalue weighted by Crippen LogP contribution is 2.19. The number of rotatable bonds is 5. The Balaban J connectivity index is 1.64. The minimum atomic E-state index is -0.311. The van der Waals surface area contributed by atoms with Crippen LogP contribution in [-0.4, -0.2) is 22.5 Å². The van der Waals surface area contributed by atoms with E-state index in [2.05, 4.69) is 9.97 Å². The van der Waals surface area contributed by atoms with Gasteiger partial charge in [-0.25, -0.2) is 4.79 Å². The van der Waals surface area contributed by atoms with E-state index in [4.69, 9.17) is 4.74 Å². The summed E-state index contributed by atoms with van der Waals surface area (Å²) in [5, 5.41) is 0.961. The number of carbonyl (C=O) groups is 1. The van der Waals surface area contributed by atoms with Crippen LogP contribution in [0.1, 0.15) is 33.6 Å². The third-order valence-corrected chi connectivity index (χ3v) is 3.95. The molecule has 2 aromatic heterocycles. The molecule has 0 aliphatic heterocycles. The summed E-state index contributed by atoms with van der Waals surface area (Å²) in [6, 6.07) is 11.8. The van der Waals surface area contributed by atoms with Crippen LogP contribution >= 0.6 is 0 Å². The van der Waals surface area contributed by atoms with E-state index in [0.29, 0.717) is 17.9 Å². The molecule has 0 fully saturated rings. The van der Waals surface area contributed by atoms with Crippen molar-refractivity contribution in [2.45, 2.75) is 26.7 Å². The van der Waals surface area contributed by atoms with Gasteiger partial charge in [-0.1, -0.05) is 17.7 Å². The summed E-state index contributed by atoms with van der Waals surface area (Å²) in [4.78, 5) is 20.9. The third-order valence-electron chi connectivity index (χ3n) is 3.95. The molecular formula is C20H20N2O2. The predicted molar refractivity (Wildman–Crippen MR) is 94.1 cm³/mol. The molecule has 0 saturated heterocycles. The second-order valence-electron chi connectivity index (χ2n) is 5.92. The van der Waals surface area contributed by atoms with Crippen molar-refractivity contribution >= 4 is 16.9 Å². The molecule has 0 saturated carbocycles. The first-order chi connectivity index (χ1) is 11.6. The lowest BCUT2D eigenvalue weighted by Gasteiger charge is -2.09. The van der Waals surface area contributed by atoms with Crippen molar-refractivity contribution in [2.75, 3.05) is 6.61 Å². The maximum absolute atomic E-state index is 12.3. The number of aryl methyl sites for hydroxylation is 3. The van der Waals surface area contributed by atoms with E-state index in [1.807, 2.05) is 56.4 Å². The van der Waals surface area contributed by atoms with Crippen LogP contribution in [-0.2, 0) is 11.2 Å². The zero-order valence-electron chi connectivity index (χ0n) is 14.0. The highest BCUT2D eigenvalue weighted by atomic mass is 16.5. The van der Waals surface area contributed by atoms with Crippen molar-refractivity contribution in [3.8, 4) is 0 Å². The lowest BCUT2D eigenvalue weighted by atomic mass is 10.1. The van der Waals surface area contributed by atoms with Gasteiger partial charge in [0.1, 0.15) is 0 Å². The van der Waals surface area contributed by atoms with Gasteiger partial charge in [0, 0.05) is 17.8 Å². The molecule has 3 aromatic rings. The van der Waals surface area contributed by atoms with Crippen LogP contribution in [0.25, 0.3) is 10.9 Å². The number of esters is 1. The van der Waals surface area contributed by atoms with Gasteiger partial charge in [-0.15, -0.1) is 0 Å². The average Bonchev–Trinajstić information content (AvgIpc) is 2.59. The number of ether oxygens (including phenoxy) is 1. The lowest BCUT2D eigenvalue weighted by Crippen LogP contribution is -2.10. The quantitative estimate of drug-likeness (QED) is 0.526. The molecule has 1 aromatic carbocycles. The number of nitrogens with zero attached hydrogens (tertiary/aromatic N) is 2. The third kappa shape index (κ3) is 3.77. The van der Waals surface area contributed by atoms with E-state index >= 15 is 0 Å². The first-order valence-electron chi connectivity index (χ1n) is 8.07. The number of aromatic nitrogens is 2. The molecule has 0 amide bonds. The number of benzene rings is 1. The van der Waals surface area contributed by atoms with Crippen LogP contribution in [0, 0.1) is 13.8 Å². The molecule has 0 bridgehead atoms. The molecule has 3 rings (SSSR count). The van der Waals surface area contributed by atoms with Gasteiger partial charge < -0.3 is 4.74 Å². The van der Waals surface area contributed by atoms with Crippen molar-refractivity contribution in [1.82, 2.24) is 9.97 Å². The van der Waals surface area contributed by atoms with Crippen molar-refractivity contribution in [3.05, 3.63) is 71.2 Å². The molecule has 4 nitrogen and oxygen atoms in total. The van der Waals surface area contributed by atoms with E-state index in [9.17, 15) is 4.79 Å². The fourth-order valence-corrected chi connectivity index (χ4v) is 2.66. The highest BCUT2D eigenvalue weighted by molar-refractivity contribution is 5.95. The number of fused-ring (bicyclic) bond motifs is 1. The summed E-state index contributed by atoms with van der Waals surface area (Å²) in [6.45, 7) is 4.25. The first kappa shape index (κ1) is 16.1. The smallest absolute Gasteiger partial charge is 0.339 e. The molecule has 0 N–H and O–H groups in total. The maximum atomic E-state index is 12.3. The van der Waals surface area contributed by atoms with Gasteiger partial charge in [-0.05, 0) is 56.5 Å². The largest absolute Gasteiger partial charge is 0.462 e. The molecule has 0 spiro atoms. The molecular weight excluding hydrogens is 300 g/mol. The summed E-state index contributed by atoms with van der Waals surface area (Å²) in [5.74, 6) is -0.311. The van der Waals surface area contributed by atoms with Crippen LogP contribution in [0.2, 0.25) is 0 Å². The normalized spacial score (nSPS) is 10.8. The van der Waals surface area contributed by atoms with Crippen molar-refractivity contribution < 1.29 is 9.53 Å². The summed E-state index contributed by atoms with van der Waals surface area (Å²) in [6.07, 6.45) is 5.20. The van der Waals surface area contributed by atoms with Crippen LogP contribution in [0.15, 0.2) is 48.8 Å². The van der Waals surface area contributed by atoms with Crippen molar-refractivity contribution in [3.63, 3.8) is 0 Å². The van der Waals surface area contributed by atoms with Gasteiger partial charge in [0.05, 0.1) is 23.4 Å². The Kier molecular flexibility index (Phi) is 4.85. The standard InChI is InChI=1S/C20H20N2O2/c1-14-7-8-19-17(11-14)12-18(15(2)22-19)20(23)24-10-4-6-16-5-3-9-21-13-16/h3,5,7-9,11-13H,4,6,10H2,1-2H3. The monoisotopic (exact) mass is 320 g/mol. The molecule has 122 valence electrons. The summed E-state index contributed by atoms with van der Waals surface area (Å²) >= 11 is 0. The van der Waals surface area contributed by atoms with E-state index in [0.717, 1.165) is 34.9 Å². The van der Waals surface area contributed by atoms with Crippen molar-refractivity contribution in [1.29, 1.82) is 0 Å². The fourth-order valence-electron chi connectivity index (χ4n) is 2.66. The van der Waals surface area contributed by atoms with Gasteiger partial charge in [-0.2, -0.15) is 0 Å². The first-order valence-corrected chi connectivity index (χ1v) is 8.07. The molecule has 0 atom stereocenters. The average molecular weight is 320 g/mol. The van der Waals surface area contributed by atoms with Gasteiger partial charge in [0.25, 0.3) is 0 Å². The zero-order chi connectivity index (χ0) is 16.9. The van der Waals surface area contributed by atoms with Crippen molar-refractivity contribution in [2.24, 2.45) is 0 Å². The molecule has 24 heavy (non-hydrogen) atoms. The molecule has 2 heterocycles. The summed E-state index contributed by atoms with van der Waals surface area (Å²) < 4.78 is 5.41. The number of pyridine rings is 2. The minimum absolute atomic E-state index is 0.311. The van der Waals surface area contributed by atoms with E-state index in [1.54, 1.807) is 6.20 Å². The molecule has 0 aliphatic rings. The summed E-state index contributed by atoms with van der Waals surface area (Å²) in [5.41, 5.74) is 4.42. The lowest BCUT2D eigenvalue weighted by molar-refractivity contribution is 0.0499. The van der Waals surface area contributed by atoms with Crippen LogP contribution < -0.4 is 0 Å². The maximum Gasteiger partial charge on any atom is 0.339 e. The number of hydrogen-bond acceptors (Lipinski definition) is 4. The second kappa shape index (κ2) is 7.21. The van der Waals surface area contributed by atoms with Crippen LogP contribution in [0.3, 0.4) is 0 Å². The SMILES string of the molecule is Cc1ccc2nc(C)c(C(=O)OCCCc3cccnc3)cc2c1. The molecule has 4 heteroatoms. The Morgan fingerprint density at radius 1 is 1.17 bits per heavy atom. The van der Waals surface area contributed by atoms with Gasteiger partial charge in [0.15, 0.2) is 0 Å². The summed E-state index contributed by atoms with van der Waals surface area (Å²) in [7, 11) is 0. The van der Waals surface area contributed by atoms with Crippen LogP contribution in [0.4, 0.5) is 0 Å². The molecule has 0 unspecified atom stereocenters. The van der Waals surface area contributed by atoms with Gasteiger partial charge >= 0.3 is 5.97 Å². The Hall–Kier alpha value is -2.75.